The zero-order valence-corrected chi connectivity index (χ0v) is 20.1. The van der Waals surface area contributed by atoms with Crippen molar-refractivity contribution in [3.8, 4) is 28.6 Å². The number of nitrogens with zero attached hydrogens (tertiary/aromatic N) is 2. The zero-order valence-electron chi connectivity index (χ0n) is 20.1. The molecule has 182 valence electrons. The number of methoxy groups -OCH3 is 3. The summed E-state index contributed by atoms with van der Waals surface area (Å²) in [5, 5.41) is 0.344. The summed E-state index contributed by atoms with van der Waals surface area (Å²) in [4.78, 5) is 32.2. The molecule has 0 saturated heterocycles. The molecule has 0 spiro atoms. The molecule has 2 aromatic carbocycles. The monoisotopic (exact) mass is 476 g/mol. The summed E-state index contributed by atoms with van der Waals surface area (Å²) in [6.45, 7) is 0. The lowest BCUT2D eigenvalue weighted by molar-refractivity contribution is 0.324. The molecule has 4 aromatic rings. The van der Waals surface area contributed by atoms with Gasteiger partial charge in [0.05, 0.1) is 26.7 Å². The number of aromatic nitrogens is 2. The molecule has 8 heteroatoms. The minimum absolute atomic E-state index is 0.0207. The van der Waals surface area contributed by atoms with Crippen LogP contribution >= 0.6 is 0 Å². The summed E-state index contributed by atoms with van der Waals surface area (Å²) in [5.74, 6) is 1.75. The van der Waals surface area contributed by atoms with Crippen molar-refractivity contribution in [1.29, 1.82) is 0 Å². The van der Waals surface area contributed by atoms with Gasteiger partial charge in [-0.2, -0.15) is 4.98 Å². The Morgan fingerprint density at radius 2 is 1.57 bits per heavy atom. The molecular formula is C27H28N2O6. The number of para-hydroxylation sites is 1. The Labute approximate surface area is 202 Å². The third-order valence-electron chi connectivity index (χ3n) is 6.76. The van der Waals surface area contributed by atoms with E-state index >= 15 is 0 Å². The predicted molar refractivity (Wildman–Crippen MR) is 134 cm³/mol. The van der Waals surface area contributed by atoms with Crippen molar-refractivity contribution in [1.82, 2.24) is 9.55 Å². The maximum atomic E-state index is 14.0. The molecule has 5 rings (SSSR count). The topological polar surface area (TPSA) is 92.8 Å². The fourth-order valence-electron chi connectivity index (χ4n) is 5.03. The van der Waals surface area contributed by atoms with Crippen LogP contribution in [0.1, 0.15) is 44.6 Å². The van der Waals surface area contributed by atoms with Gasteiger partial charge in [0.1, 0.15) is 11.4 Å². The molecule has 0 unspecified atom stereocenters. The van der Waals surface area contributed by atoms with Gasteiger partial charge in [0.2, 0.25) is 16.9 Å². The molecule has 1 saturated carbocycles. The number of hydrogen-bond donors (Lipinski definition) is 0. The molecule has 2 aromatic heterocycles. The molecule has 1 aliphatic rings. The average molecular weight is 477 g/mol. The van der Waals surface area contributed by atoms with Crippen molar-refractivity contribution < 1.29 is 18.6 Å². The first-order chi connectivity index (χ1) is 17.1. The lowest BCUT2D eigenvalue weighted by atomic mass is 10.1. The lowest BCUT2D eigenvalue weighted by Gasteiger charge is -2.22. The maximum absolute atomic E-state index is 14.0. The van der Waals surface area contributed by atoms with Crippen molar-refractivity contribution in [3.05, 3.63) is 57.0 Å². The van der Waals surface area contributed by atoms with Crippen LogP contribution in [0.25, 0.3) is 33.5 Å². The van der Waals surface area contributed by atoms with Crippen LogP contribution in [0.5, 0.6) is 17.2 Å². The number of ether oxygens (including phenoxy) is 3. The van der Waals surface area contributed by atoms with Crippen LogP contribution in [-0.2, 0) is 0 Å². The summed E-state index contributed by atoms with van der Waals surface area (Å²) < 4.78 is 24.2. The minimum Gasteiger partial charge on any atom is -0.493 e. The highest BCUT2D eigenvalue weighted by Gasteiger charge is 2.26. The Bertz CT molecular complexity index is 1490. The summed E-state index contributed by atoms with van der Waals surface area (Å²) in [5.41, 5.74) is 0.272. The zero-order chi connectivity index (χ0) is 24.5. The Morgan fingerprint density at radius 1 is 0.914 bits per heavy atom. The van der Waals surface area contributed by atoms with Gasteiger partial charge in [-0.25, -0.2) is 0 Å². The summed E-state index contributed by atoms with van der Waals surface area (Å²) >= 11 is 0. The number of rotatable bonds is 5. The van der Waals surface area contributed by atoms with Crippen LogP contribution in [0.2, 0.25) is 0 Å². The fraction of sp³-hybridized carbons (Fsp3) is 0.370. The summed E-state index contributed by atoms with van der Waals surface area (Å²) in [6, 6.07) is 10.4. The normalized spacial score (nSPS) is 14.7. The van der Waals surface area contributed by atoms with E-state index in [1.165, 1.54) is 7.11 Å². The molecule has 8 nitrogen and oxygen atoms in total. The Kier molecular flexibility index (Phi) is 6.19. The maximum Gasteiger partial charge on any atom is 0.269 e. The van der Waals surface area contributed by atoms with Gasteiger partial charge in [0, 0.05) is 11.6 Å². The third kappa shape index (κ3) is 3.92. The van der Waals surface area contributed by atoms with Gasteiger partial charge in [-0.1, -0.05) is 37.8 Å². The Morgan fingerprint density at radius 3 is 2.20 bits per heavy atom. The van der Waals surface area contributed by atoms with Crippen LogP contribution in [0.15, 0.2) is 50.4 Å². The summed E-state index contributed by atoms with van der Waals surface area (Å²) in [7, 11) is 4.62. The second-order valence-electron chi connectivity index (χ2n) is 8.78. The highest BCUT2D eigenvalue weighted by molar-refractivity contribution is 5.88. The molecule has 0 aliphatic heterocycles. The van der Waals surface area contributed by atoms with Gasteiger partial charge in [-0.3, -0.25) is 14.2 Å². The van der Waals surface area contributed by atoms with E-state index in [-0.39, 0.29) is 28.1 Å². The van der Waals surface area contributed by atoms with Crippen LogP contribution in [0, 0.1) is 0 Å². The van der Waals surface area contributed by atoms with Gasteiger partial charge in [0.25, 0.3) is 5.56 Å². The summed E-state index contributed by atoms with van der Waals surface area (Å²) in [6.07, 6.45) is 5.94. The van der Waals surface area contributed by atoms with E-state index in [0.717, 1.165) is 38.5 Å². The standard InChI is InChI=1S/C27H28N2O6/c1-32-20-14-16(15-21(33-2)24(20)34-3)25-28-26-22(23(30)18-12-8-9-13-19(18)35-26)27(31)29(25)17-10-6-4-5-7-11-17/h8-9,12-15,17H,4-7,10-11H2,1-3H3. The average Bonchev–Trinajstić information content (AvgIpc) is 3.17. The van der Waals surface area contributed by atoms with Gasteiger partial charge in [-0.05, 0) is 37.1 Å². The molecule has 0 atom stereocenters. The highest BCUT2D eigenvalue weighted by atomic mass is 16.5. The minimum atomic E-state index is -0.384. The van der Waals surface area contributed by atoms with Gasteiger partial charge >= 0.3 is 0 Å². The molecule has 1 aliphatic carbocycles. The van der Waals surface area contributed by atoms with Crippen LogP contribution in [0.3, 0.4) is 0 Å². The van der Waals surface area contributed by atoms with E-state index in [2.05, 4.69) is 0 Å². The molecule has 0 bridgehead atoms. The van der Waals surface area contributed by atoms with Crippen LogP contribution in [0.4, 0.5) is 0 Å². The lowest BCUT2D eigenvalue weighted by Crippen LogP contribution is -2.30. The number of hydrogen-bond acceptors (Lipinski definition) is 7. The van der Waals surface area contributed by atoms with Gasteiger partial charge in [0.15, 0.2) is 16.9 Å². The third-order valence-corrected chi connectivity index (χ3v) is 6.76. The molecule has 2 heterocycles. The molecule has 0 amide bonds. The molecule has 35 heavy (non-hydrogen) atoms. The van der Waals surface area contributed by atoms with E-state index in [1.54, 1.807) is 55.2 Å². The van der Waals surface area contributed by atoms with Crippen molar-refractivity contribution in [2.24, 2.45) is 0 Å². The first-order valence-electron chi connectivity index (χ1n) is 11.9. The van der Waals surface area contributed by atoms with E-state index < -0.39 is 0 Å². The molecule has 0 radical (unpaired) electrons. The van der Waals surface area contributed by atoms with Gasteiger partial charge < -0.3 is 18.6 Å². The van der Waals surface area contributed by atoms with Gasteiger partial charge in [-0.15, -0.1) is 0 Å². The SMILES string of the molecule is COc1cc(-c2nc3oc4ccccc4c(=O)c3c(=O)n2C2CCCCCC2)cc(OC)c1OC. The van der Waals surface area contributed by atoms with E-state index in [1.807, 2.05) is 0 Å². The highest BCUT2D eigenvalue weighted by Crippen LogP contribution is 2.41. The first-order valence-corrected chi connectivity index (χ1v) is 11.9. The smallest absolute Gasteiger partial charge is 0.269 e. The van der Waals surface area contributed by atoms with Crippen LogP contribution in [-0.4, -0.2) is 30.9 Å². The van der Waals surface area contributed by atoms with Crippen molar-refractivity contribution >= 4 is 22.1 Å². The number of fused-ring (bicyclic) bond motifs is 2. The quantitative estimate of drug-likeness (QED) is 0.293. The molecule has 0 N–H and O–H groups in total. The van der Waals surface area contributed by atoms with Crippen molar-refractivity contribution in [2.45, 2.75) is 44.6 Å². The second kappa shape index (κ2) is 9.44. The largest absolute Gasteiger partial charge is 0.493 e. The van der Waals surface area contributed by atoms with E-state index in [9.17, 15) is 9.59 Å². The number of benzene rings is 2. The van der Waals surface area contributed by atoms with Crippen molar-refractivity contribution in [3.63, 3.8) is 0 Å². The Balaban J connectivity index is 1.87. The Hall–Kier alpha value is -3.81. The fourth-order valence-corrected chi connectivity index (χ4v) is 5.03. The molecular weight excluding hydrogens is 448 g/mol. The first kappa shape index (κ1) is 23.0. The van der Waals surface area contributed by atoms with Crippen molar-refractivity contribution in [2.75, 3.05) is 21.3 Å². The van der Waals surface area contributed by atoms with E-state index in [0.29, 0.717) is 39.6 Å². The van der Waals surface area contributed by atoms with E-state index in [4.69, 9.17) is 23.6 Å². The second-order valence-corrected chi connectivity index (χ2v) is 8.78. The molecule has 1 fully saturated rings. The predicted octanol–water partition coefficient (Wildman–Crippen LogP) is 5.09. The van der Waals surface area contributed by atoms with Crippen LogP contribution < -0.4 is 25.2 Å².